The van der Waals surface area contributed by atoms with E-state index in [0.717, 1.165) is 12.8 Å². The van der Waals surface area contributed by atoms with Crippen molar-refractivity contribution in [2.45, 2.75) is 38.1 Å². The quantitative estimate of drug-likeness (QED) is 0.909. The van der Waals surface area contributed by atoms with Crippen LogP contribution in [0.15, 0.2) is 18.2 Å². The number of hydrogen-bond donors (Lipinski definition) is 2. The molecule has 2 aromatic rings. The van der Waals surface area contributed by atoms with E-state index in [4.69, 9.17) is 0 Å². The monoisotopic (exact) mass is 321 g/mol. The number of benzene rings is 1. The highest BCUT2D eigenvalue weighted by molar-refractivity contribution is 7.21. The third-order valence-electron chi connectivity index (χ3n) is 4.33. The van der Waals surface area contributed by atoms with Crippen LogP contribution in [0.4, 0.5) is 4.39 Å². The Balaban J connectivity index is 1.97. The zero-order valence-electron chi connectivity index (χ0n) is 12.1. The maximum Gasteiger partial charge on any atom is 0.329 e. The summed E-state index contributed by atoms with van der Waals surface area (Å²) in [6.45, 7) is 1.69. The lowest BCUT2D eigenvalue weighted by Crippen LogP contribution is -2.52. The molecule has 0 radical (unpaired) electrons. The predicted octanol–water partition coefficient (Wildman–Crippen LogP) is 3.48. The number of rotatable bonds is 3. The molecular weight excluding hydrogens is 305 g/mol. The summed E-state index contributed by atoms with van der Waals surface area (Å²) in [5.74, 6) is -1.79. The normalized spacial score (nSPS) is 16.8. The van der Waals surface area contributed by atoms with E-state index in [0.29, 0.717) is 33.4 Å². The lowest BCUT2D eigenvalue weighted by atomic mass is 9.97. The van der Waals surface area contributed by atoms with E-state index < -0.39 is 17.4 Å². The second kappa shape index (κ2) is 5.35. The fourth-order valence-electron chi connectivity index (χ4n) is 3.11. The molecule has 0 atom stereocenters. The first kappa shape index (κ1) is 15.0. The van der Waals surface area contributed by atoms with Crippen LogP contribution < -0.4 is 5.32 Å². The van der Waals surface area contributed by atoms with E-state index in [1.807, 2.05) is 0 Å². The summed E-state index contributed by atoms with van der Waals surface area (Å²) in [6.07, 6.45) is 2.44. The molecule has 2 N–H and O–H groups in total. The van der Waals surface area contributed by atoms with Crippen molar-refractivity contribution in [1.29, 1.82) is 0 Å². The van der Waals surface area contributed by atoms with E-state index in [2.05, 4.69) is 5.32 Å². The number of carbonyl (C=O) groups excluding carboxylic acids is 1. The van der Waals surface area contributed by atoms with Crippen molar-refractivity contribution in [2.24, 2.45) is 0 Å². The lowest BCUT2D eigenvalue weighted by molar-refractivity contribution is -0.144. The van der Waals surface area contributed by atoms with Crippen molar-refractivity contribution in [2.75, 3.05) is 0 Å². The maximum atomic E-state index is 13.9. The molecule has 0 aliphatic heterocycles. The number of hydrogen-bond acceptors (Lipinski definition) is 3. The Morgan fingerprint density at radius 1 is 1.32 bits per heavy atom. The summed E-state index contributed by atoms with van der Waals surface area (Å²) in [6, 6.07) is 4.72. The van der Waals surface area contributed by atoms with Gasteiger partial charge in [0.1, 0.15) is 11.4 Å². The van der Waals surface area contributed by atoms with Crippen molar-refractivity contribution < 1.29 is 19.1 Å². The summed E-state index contributed by atoms with van der Waals surface area (Å²) in [5.41, 5.74) is -0.618. The smallest absolute Gasteiger partial charge is 0.329 e. The molecule has 1 aliphatic carbocycles. The Hall–Kier alpha value is -1.95. The molecule has 3 rings (SSSR count). The van der Waals surface area contributed by atoms with Gasteiger partial charge >= 0.3 is 5.97 Å². The molecule has 1 aliphatic rings. The van der Waals surface area contributed by atoms with E-state index in [1.54, 1.807) is 19.1 Å². The van der Waals surface area contributed by atoms with Crippen LogP contribution in [0.1, 0.15) is 40.9 Å². The standard InChI is InChI=1S/C16H16FNO3S/c1-9-12-10(17)5-4-6-11(12)22-13(9)14(19)18-16(15(20)21)7-2-3-8-16/h4-6H,2-3,7-8H2,1H3,(H,18,19)(H,20,21). The van der Waals surface area contributed by atoms with Gasteiger partial charge in [-0.25, -0.2) is 9.18 Å². The summed E-state index contributed by atoms with van der Waals surface area (Å²) < 4.78 is 14.6. The molecule has 1 saturated carbocycles. The molecule has 0 saturated heterocycles. The van der Waals surface area contributed by atoms with Crippen LogP contribution in [-0.4, -0.2) is 22.5 Å². The molecule has 4 nitrogen and oxygen atoms in total. The minimum absolute atomic E-state index is 0.362. The summed E-state index contributed by atoms with van der Waals surface area (Å²) in [4.78, 5) is 24.4. The van der Waals surface area contributed by atoms with Crippen molar-refractivity contribution in [3.63, 3.8) is 0 Å². The Morgan fingerprint density at radius 2 is 2.00 bits per heavy atom. The van der Waals surface area contributed by atoms with E-state index in [1.165, 1.54) is 17.4 Å². The molecule has 0 unspecified atom stereocenters. The van der Waals surface area contributed by atoms with E-state index in [9.17, 15) is 19.1 Å². The minimum atomic E-state index is -1.18. The van der Waals surface area contributed by atoms with Gasteiger partial charge in [-0.3, -0.25) is 4.79 Å². The van der Waals surface area contributed by atoms with Gasteiger partial charge in [0.05, 0.1) is 4.88 Å². The Bertz CT molecular complexity index is 762. The second-order valence-corrected chi connectivity index (χ2v) is 6.77. The van der Waals surface area contributed by atoms with Crippen LogP contribution in [0, 0.1) is 12.7 Å². The van der Waals surface area contributed by atoms with Crippen molar-refractivity contribution in [3.05, 3.63) is 34.5 Å². The molecular formula is C16H16FNO3S. The molecule has 1 fully saturated rings. The molecule has 1 aromatic heterocycles. The zero-order valence-corrected chi connectivity index (χ0v) is 12.9. The summed E-state index contributed by atoms with van der Waals surface area (Å²) >= 11 is 1.19. The number of aliphatic carboxylic acids is 1. The van der Waals surface area contributed by atoms with Gasteiger partial charge in [0.15, 0.2) is 0 Å². The predicted molar refractivity (Wildman–Crippen MR) is 82.8 cm³/mol. The van der Waals surface area contributed by atoms with Gasteiger partial charge in [0.2, 0.25) is 0 Å². The Kier molecular flexibility index (Phi) is 3.64. The van der Waals surface area contributed by atoms with Crippen LogP contribution in [0.2, 0.25) is 0 Å². The fraction of sp³-hybridized carbons (Fsp3) is 0.375. The number of fused-ring (bicyclic) bond motifs is 1. The average molecular weight is 321 g/mol. The highest BCUT2D eigenvalue weighted by Gasteiger charge is 2.43. The van der Waals surface area contributed by atoms with Gasteiger partial charge in [-0.2, -0.15) is 0 Å². The third-order valence-corrected chi connectivity index (χ3v) is 5.58. The number of halogens is 1. The van der Waals surface area contributed by atoms with E-state index >= 15 is 0 Å². The van der Waals surface area contributed by atoms with Gasteiger partial charge in [-0.05, 0) is 37.5 Å². The zero-order chi connectivity index (χ0) is 15.9. The molecule has 1 aromatic carbocycles. The molecule has 0 spiro atoms. The first-order chi connectivity index (χ1) is 10.4. The van der Waals surface area contributed by atoms with E-state index in [-0.39, 0.29) is 5.82 Å². The molecule has 116 valence electrons. The third kappa shape index (κ3) is 2.27. The first-order valence-corrected chi connectivity index (χ1v) is 8.00. The molecule has 1 heterocycles. The van der Waals surface area contributed by atoms with Crippen LogP contribution in [-0.2, 0) is 4.79 Å². The van der Waals surface area contributed by atoms with Crippen molar-refractivity contribution in [1.82, 2.24) is 5.32 Å². The van der Waals surface area contributed by atoms with Crippen LogP contribution in [0.5, 0.6) is 0 Å². The maximum absolute atomic E-state index is 13.9. The second-order valence-electron chi connectivity index (χ2n) is 5.72. The van der Waals surface area contributed by atoms with Gasteiger partial charge in [-0.1, -0.05) is 18.9 Å². The Labute approximate surface area is 130 Å². The van der Waals surface area contributed by atoms with Gasteiger partial charge in [0, 0.05) is 10.1 Å². The average Bonchev–Trinajstić information content (AvgIpc) is 3.05. The van der Waals surface area contributed by atoms with Crippen LogP contribution in [0.3, 0.4) is 0 Å². The van der Waals surface area contributed by atoms with Gasteiger partial charge in [-0.15, -0.1) is 11.3 Å². The van der Waals surface area contributed by atoms with Crippen LogP contribution in [0.25, 0.3) is 10.1 Å². The first-order valence-electron chi connectivity index (χ1n) is 7.18. The van der Waals surface area contributed by atoms with Crippen LogP contribution >= 0.6 is 11.3 Å². The van der Waals surface area contributed by atoms with Crippen molar-refractivity contribution >= 4 is 33.3 Å². The molecule has 6 heteroatoms. The highest BCUT2D eigenvalue weighted by atomic mass is 32.1. The van der Waals surface area contributed by atoms with Crippen molar-refractivity contribution in [3.8, 4) is 0 Å². The molecule has 1 amide bonds. The largest absolute Gasteiger partial charge is 0.480 e. The SMILES string of the molecule is Cc1c(C(=O)NC2(C(=O)O)CCCC2)sc2cccc(F)c12. The Morgan fingerprint density at radius 3 is 2.59 bits per heavy atom. The topological polar surface area (TPSA) is 66.4 Å². The summed E-state index contributed by atoms with van der Waals surface area (Å²) in [5, 5.41) is 12.6. The minimum Gasteiger partial charge on any atom is -0.480 e. The number of amides is 1. The highest BCUT2D eigenvalue weighted by Crippen LogP contribution is 2.34. The number of thiophene rings is 1. The molecule has 0 bridgehead atoms. The van der Waals surface area contributed by atoms with Gasteiger partial charge < -0.3 is 10.4 Å². The number of nitrogens with one attached hydrogen (secondary N) is 1. The number of carboxylic acids is 1. The molecule has 22 heavy (non-hydrogen) atoms. The number of carbonyl (C=O) groups is 2. The fourth-order valence-corrected chi connectivity index (χ4v) is 4.23. The lowest BCUT2D eigenvalue weighted by Gasteiger charge is -2.25. The summed E-state index contributed by atoms with van der Waals surface area (Å²) in [7, 11) is 0. The number of aryl methyl sites for hydroxylation is 1. The van der Waals surface area contributed by atoms with Gasteiger partial charge in [0.25, 0.3) is 5.91 Å². The number of carboxylic acid groups (broad SMARTS) is 1.